The Labute approximate surface area is 177 Å². The first-order valence-corrected chi connectivity index (χ1v) is 10.7. The van der Waals surface area contributed by atoms with Gasteiger partial charge in [-0.25, -0.2) is 0 Å². The van der Waals surface area contributed by atoms with Crippen LogP contribution in [0.25, 0.3) is 5.65 Å². The Bertz CT molecular complexity index is 994. The van der Waals surface area contributed by atoms with E-state index in [2.05, 4.69) is 47.9 Å². The lowest BCUT2D eigenvalue weighted by Crippen LogP contribution is -2.39. The lowest BCUT2D eigenvalue weighted by atomic mass is 10.1. The fourth-order valence-corrected chi connectivity index (χ4v) is 3.81. The van der Waals surface area contributed by atoms with Gasteiger partial charge in [0.25, 0.3) is 0 Å². The van der Waals surface area contributed by atoms with Gasteiger partial charge in [-0.05, 0) is 49.9 Å². The van der Waals surface area contributed by atoms with Crippen LogP contribution in [0.3, 0.4) is 0 Å². The average Bonchev–Trinajstić information content (AvgIpc) is 3.19. The third-order valence-corrected chi connectivity index (χ3v) is 5.59. The van der Waals surface area contributed by atoms with Crippen molar-refractivity contribution in [3.05, 3.63) is 41.6 Å². The van der Waals surface area contributed by atoms with Gasteiger partial charge in [-0.1, -0.05) is 26.0 Å². The van der Waals surface area contributed by atoms with Crippen molar-refractivity contribution in [3.63, 3.8) is 0 Å². The van der Waals surface area contributed by atoms with E-state index in [9.17, 15) is 0 Å². The molecule has 1 aliphatic rings. The molecule has 1 saturated heterocycles. The summed E-state index contributed by atoms with van der Waals surface area (Å²) in [5.74, 6) is 2.47. The maximum Gasteiger partial charge on any atom is 0.229 e. The highest BCUT2D eigenvalue weighted by atomic mass is 16.5. The average molecular weight is 410 g/mol. The molecule has 0 radical (unpaired) electrons. The summed E-state index contributed by atoms with van der Waals surface area (Å²) in [6.45, 7) is 8.41. The molecule has 8 heteroatoms. The molecule has 0 saturated carbocycles. The van der Waals surface area contributed by atoms with Gasteiger partial charge in [-0.2, -0.15) is 19.6 Å². The van der Waals surface area contributed by atoms with Crippen LogP contribution < -0.4 is 20.7 Å². The van der Waals surface area contributed by atoms with Gasteiger partial charge in [0.15, 0.2) is 5.65 Å². The molecule has 3 N–H and O–H groups in total. The van der Waals surface area contributed by atoms with Crippen LogP contribution in [0.15, 0.2) is 30.5 Å². The standard InChI is InChI=1S/C22H31N7O/c1-14(2)19-13-24-29-20(19)27-21(26-17-8-6-10-23-12-17)28-22(29)25-15(3)16-7-5-9-18(11-16)30-4/h5,7,9,11,13-15,17,23H,6,8,10,12H2,1-4H3,(H2,25,26,27,28)/t15-,17+/m0/s1. The lowest BCUT2D eigenvalue weighted by molar-refractivity contribution is 0.414. The van der Waals surface area contributed by atoms with Crippen LogP contribution in [0.4, 0.5) is 11.9 Å². The minimum Gasteiger partial charge on any atom is -0.497 e. The van der Waals surface area contributed by atoms with Gasteiger partial charge in [-0.3, -0.25) is 0 Å². The van der Waals surface area contributed by atoms with E-state index in [1.54, 1.807) is 11.6 Å². The van der Waals surface area contributed by atoms with Gasteiger partial charge in [-0.15, -0.1) is 0 Å². The van der Waals surface area contributed by atoms with E-state index in [4.69, 9.17) is 14.7 Å². The van der Waals surface area contributed by atoms with Gasteiger partial charge in [0.05, 0.1) is 19.3 Å². The minimum absolute atomic E-state index is 0.0223. The molecule has 0 amide bonds. The number of anilines is 2. The van der Waals surface area contributed by atoms with Crippen molar-refractivity contribution >= 4 is 17.5 Å². The molecule has 1 fully saturated rings. The molecular weight excluding hydrogens is 378 g/mol. The first kappa shape index (κ1) is 20.4. The highest BCUT2D eigenvalue weighted by Crippen LogP contribution is 2.26. The van der Waals surface area contributed by atoms with Crippen molar-refractivity contribution in [3.8, 4) is 5.75 Å². The molecule has 2 atom stereocenters. The molecule has 8 nitrogen and oxygen atoms in total. The van der Waals surface area contributed by atoms with Crippen LogP contribution in [0.2, 0.25) is 0 Å². The van der Waals surface area contributed by atoms with Crippen molar-refractivity contribution in [2.24, 2.45) is 0 Å². The van der Waals surface area contributed by atoms with Gasteiger partial charge < -0.3 is 20.7 Å². The third kappa shape index (κ3) is 4.33. The summed E-state index contributed by atoms with van der Waals surface area (Å²) in [6, 6.07) is 8.40. The molecular formula is C22H31N7O. The number of hydrogen-bond donors (Lipinski definition) is 3. The lowest BCUT2D eigenvalue weighted by Gasteiger charge is -2.24. The zero-order chi connectivity index (χ0) is 21.1. The van der Waals surface area contributed by atoms with E-state index in [-0.39, 0.29) is 6.04 Å². The predicted molar refractivity (Wildman–Crippen MR) is 119 cm³/mol. The number of nitrogens with one attached hydrogen (secondary N) is 3. The summed E-state index contributed by atoms with van der Waals surface area (Å²) in [6.07, 6.45) is 4.16. The molecule has 0 unspecified atom stereocenters. The second-order valence-corrected chi connectivity index (χ2v) is 8.19. The molecule has 30 heavy (non-hydrogen) atoms. The fraction of sp³-hybridized carbons (Fsp3) is 0.500. The number of hydrogen-bond acceptors (Lipinski definition) is 7. The summed E-state index contributed by atoms with van der Waals surface area (Å²) < 4.78 is 7.17. The molecule has 1 aromatic carbocycles. The highest BCUT2D eigenvalue weighted by Gasteiger charge is 2.19. The monoisotopic (exact) mass is 409 g/mol. The second kappa shape index (κ2) is 8.87. The molecule has 0 bridgehead atoms. The van der Waals surface area contributed by atoms with Gasteiger partial charge in [0, 0.05) is 18.2 Å². The Morgan fingerprint density at radius 1 is 1.23 bits per heavy atom. The van der Waals surface area contributed by atoms with Crippen LogP contribution in [0.5, 0.6) is 5.75 Å². The van der Waals surface area contributed by atoms with Gasteiger partial charge in [0.1, 0.15) is 5.75 Å². The maximum atomic E-state index is 5.37. The fourth-order valence-electron chi connectivity index (χ4n) is 3.81. The molecule has 4 rings (SSSR count). The number of aromatic nitrogens is 4. The van der Waals surface area contributed by atoms with Crippen molar-refractivity contribution in [1.29, 1.82) is 0 Å². The number of piperidine rings is 1. The van der Waals surface area contributed by atoms with E-state index < -0.39 is 0 Å². The summed E-state index contributed by atoms with van der Waals surface area (Å²) in [7, 11) is 1.68. The Kier molecular flexibility index (Phi) is 6.03. The van der Waals surface area contributed by atoms with Crippen LogP contribution in [0.1, 0.15) is 56.7 Å². The number of fused-ring (bicyclic) bond motifs is 1. The number of methoxy groups -OCH3 is 1. The molecule has 2 aromatic heterocycles. The number of rotatable bonds is 7. The Hall–Kier alpha value is -2.87. The first-order chi connectivity index (χ1) is 14.5. The maximum absolute atomic E-state index is 5.37. The molecule has 0 spiro atoms. The van der Waals surface area contributed by atoms with Crippen molar-refractivity contribution < 1.29 is 4.74 Å². The molecule has 1 aliphatic heterocycles. The van der Waals surface area contributed by atoms with E-state index >= 15 is 0 Å². The third-order valence-electron chi connectivity index (χ3n) is 5.59. The highest BCUT2D eigenvalue weighted by molar-refractivity contribution is 5.56. The van der Waals surface area contributed by atoms with Gasteiger partial charge >= 0.3 is 0 Å². The van der Waals surface area contributed by atoms with E-state index in [0.717, 1.165) is 48.5 Å². The van der Waals surface area contributed by atoms with Crippen LogP contribution in [-0.4, -0.2) is 45.8 Å². The smallest absolute Gasteiger partial charge is 0.229 e. The van der Waals surface area contributed by atoms with Crippen LogP contribution in [-0.2, 0) is 0 Å². The van der Waals surface area contributed by atoms with E-state index in [1.165, 1.54) is 0 Å². The summed E-state index contributed by atoms with van der Waals surface area (Å²) >= 11 is 0. The second-order valence-electron chi connectivity index (χ2n) is 8.19. The molecule has 3 heterocycles. The Morgan fingerprint density at radius 2 is 2.10 bits per heavy atom. The van der Waals surface area contributed by atoms with Gasteiger partial charge in [0.2, 0.25) is 11.9 Å². The Balaban J connectivity index is 1.67. The van der Waals surface area contributed by atoms with E-state index in [0.29, 0.717) is 23.9 Å². The number of ether oxygens (including phenoxy) is 1. The zero-order valence-electron chi connectivity index (χ0n) is 18.1. The predicted octanol–water partition coefficient (Wildman–Crippen LogP) is 3.59. The quantitative estimate of drug-likeness (QED) is 0.549. The molecule has 160 valence electrons. The molecule has 0 aliphatic carbocycles. The van der Waals surface area contributed by atoms with Crippen LogP contribution in [0, 0.1) is 0 Å². The largest absolute Gasteiger partial charge is 0.497 e. The summed E-state index contributed by atoms with van der Waals surface area (Å²) in [5, 5.41) is 15.0. The minimum atomic E-state index is 0.0223. The van der Waals surface area contributed by atoms with E-state index in [1.807, 2.05) is 24.4 Å². The van der Waals surface area contributed by atoms with Crippen molar-refractivity contribution in [1.82, 2.24) is 24.9 Å². The normalized spacial score (nSPS) is 17.8. The molecule has 3 aromatic rings. The number of nitrogens with zero attached hydrogens (tertiary/aromatic N) is 4. The first-order valence-electron chi connectivity index (χ1n) is 10.7. The summed E-state index contributed by atoms with van der Waals surface area (Å²) in [4.78, 5) is 9.59. The zero-order valence-corrected chi connectivity index (χ0v) is 18.1. The SMILES string of the molecule is COc1cccc([C@H](C)Nc2nc(N[C@@H]3CCCNC3)nc3c(C(C)C)cnn23)c1. The van der Waals surface area contributed by atoms with Crippen molar-refractivity contribution in [2.45, 2.75) is 51.6 Å². The van der Waals surface area contributed by atoms with Crippen molar-refractivity contribution in [2.75, 3.05) is 30.8 Å². The Morgan fingerprint density at radius 3 is 2.83 bits per heavy atom. The topological polar surface area (TPSA) is 88.4 Å². The van der Waals surface area contributed by atoms with Crippen LogP contribution >= 0.6 is 0 Å². The number of benzene rings is 1. The summed E-state index contributed by atoms with van der Waals surface area (Å²) in [5.41, 5.74) is 3.06.